The van der Waals surface area contributed by atoms with Crippen LogP contribution in [0, 0.1) is 0 Å². The van der Waals surface area contributed by atoms with Crippen molar-refractivity contribution in [3.8, 4) is 0 Å². The number of hydrogen-bond acceptors (Lipinski definition) is 2. The fraction of sp³-hybridized carbons (Fsp3) is 0.278. The van der Waals surface area contributed by atoms with E-state index in [9.17, 15) is 5.11 Å². The Morgan fingerprint density at radius 3 is 2.62 bits per heavy atom. The number of rotatable bonds is 3. The Kier molecular flexibility index (Phi) is 4.51. The van der Waals surface area contributed by atoms with Crippen LogP contribution in [0.5, 0.6) is 0 Å². The van der Waals surface area contributed by atoms with Gasteiger partial charge in [-0.3, -0.25) is 4.99 Å². The van der Waals surface area contributed by atoms with E-state index in [0.717, 1.165) is 24.8 Å². The molecule has 1 unspecified atom stereocenters. The molecule has 0 aliphatic heterocycles. The van der Waals surface area contributed by atoms with E-state index in [2.05, 4.69) is 34.1 Å². The predicted octanol–water partition coefficient (Wildman–Crippen LogP) is 4.11. The molecule has 2 aromatic rings. The fourth-order valence-electron chi connectivity index (χ4n) is 2.85. The number of nitrogens with zero attached hydrogens (tertiary/aromatic N) is 1. The maximum Gasteiger partial charge on any atom is 0.0979 e. The molecule has 1 aliphatic rings. The van der Waals surface area contributed by atoms with Crippen molar-refractivity contribution in [2.45, 2.75) is 25.3 Å². The van der Waals surface area contributed by atoms with E-state index >= 15 is 0 Å². The Hall–Kier alpha value is -1.45. The first-order valence-electron chi connectivity index (χ1n) is 7.25. The zero-order valence-corrected chi connectivity index (χ0v) is 13.4. The number of aliphatic imine (C=N–C) groups is 1. The molecule has 0 saturated heterocycles. The number of hydrogen-bond donors (Lipinski definition) is 1. The highest BCUT2D eigenvalue weighted by Crippen LogP contribution is 2.28. The number of halogens is 1. The zero-order valence-electron chi connectivity index (χ0n) is 11.8. The summed E-state index contributed by atoms with van der Waals surface area (Å²) in [5, 5.41) is 9.63. The van der Waals surface area contributed by atoms with Gasteiger partial charge in [-0.25, -0.2) is 0 Å². The van der Waals surface area contributed by atoms with E-state index in [1.165, 1.54) is 21.3 Å². The van der Waals surface area contributed by atoms with Crippen LogP contribution in [-0.4, -0.2) is 17.4 Å². The minimum atomic E-state index is -0.144. The molecule has 0 heterocycles. The molecule has 0 radical (unpaired) electrons. The molecule has 1 atom stereocenters. The van der Waals surface area contributed by atoms with Gasteiger partial charge in [0.25, 0.3) is 0 Å². The zero-order chi connectivity index (χ0) is 14.7. The average Bonchev–Trinajstić information content (AvgIpc) is 2.53. The molecule has 2 aromatic carbocycles. The Morgan fingerprint density at radius 1 is 1.05 bits per heavy atom. The summed E-state index contributed by atoms with van der Waals surface area (Å²) in [7, 11) is 0. The molecule has 0 fully saturated rings. The van der Waals surface area contributed by atoms with Gasteiger partial charge in [0, 0.05) is 16.6 Å². The third-order valence-electron chi connectivity index (χ3n) is 3.97. The molecule has 1 N–H and O–H groups in total. The summed E-state index contributed by atoms with van der Waals surface area (Å²) < 4.78 is 1.20. The molecule has 108 valence electrons. The highest BCUT2D eigenvalue weighted by Gasteiger charge is 2.18. The molecule has 2 nitrogen and oxygen atoms in total. The van der Waals surface area contributed by atoms with Crippen molar-refractivity contribution in [2.75, 3.05) is 6.61 Å². The Bertz CT molecular complexity index is 652. The summed E-state index contributed by atoms with van der Waals surface area (Å²) in [5.41, 5.74) is 5.01. The maximum atomic E-state index is 9.63. The van der Waals surface area contributed by atoms with Gasteiger partial charge in [-0.2, -0.15) is 0 Å². The first-order chi connectivity index (χ1) is 10.3. The highest BCUT2D eigenvalue weighted by atomic mass is 79.9. The van der Waals surface area contributed by atoms with E-state index in [0.29, 0.717) is 0 Å². The van der Waals surface area contributed by atoms with Crippen LogP contribution in [0.1, 0.15) is 29.2 Å². The summed E-state index contributed by atoms with van der Waals surface area (Å²) in [5.74, 6) is 0. The highest BCUT2D eigenvalue weighted by molar-refractivity contribution is 9.10. The maximum absolute atomic E-state index is 9.63. The molecular formula is C18H18BrNO. The normalized spacial score (nSPS) is 17.5. The molecule has 0 aromatic heterocycles. The second-order valence-corrected chi connectivity index (χ2v) is 6.21. The smallest absolute Gasteiger partial charge is 0.0979 e. The van der Waals surface area contributed by atoms with Crippen LogP contribution < -0.4 is 0 Å². The quantitative estimate of drug-likeness (QED) is 0.893. The third-order valence-corrected chi connectivity index (χ3v) is 4.71. The van der Waals surface area contributed by atoms with Crippen LogP contribution in [0.15, 0.2) is 58.0 Å². The standard InChI is InChI=1S/C18H18BrNO/c19-17-8-4-7-14-11-15(9-10-16(14)17)20-18(12-21)13-5-2-1-3-6-13/h1-8,18,21H,9-12H2. The number of fused-ring (bicyclic) bond motifs is 1. The number of benzene rings is 2. The van der Waals surface area contributed by atoms with Crippen LogP contribution in [0.3, 0.4) is 0 Å². The molecule has 1 aliphatic carbocycles. The lowest BCUT2D eigenvalue weighted by Gasteiger charge is -2.21. The van der Waals surface area contributed by atoms with Gasteiger partial charge in [0.1, 0.15) is 0 Å². The van der Waals surface area contributed by atoms with Crippen LogP contribution in [0.2, 0.25) is 0 Å². The first kappa shape index (κ1) is 14.5. The van der Waals surface area contributed by atoms with Crippen molar-refractivity contribution in [3.05, 3.63) is 69.7 Å². The molecule has 3 heteroatoms. The van der Waals surface area contributed by atoms with Gasteiger partial charge in [0.2, 0.25) is 0 Å². The van der Waals surface area contributed by atoms with Crippen molar-refractivity contribution >= 4 is 21.6 Å². The molecular weight excluding hydrogens is 326 g/mol. The van der Waals surface area contributed by atoms with Crippen molar-refractivity contribution in [1.82, 2.24) is 0 Å². The largest absolute Gasteiger partial charge is 0.394 e. The van der Waals surface area contributed by atoms with Gasteiger partial charge in [0.05, 0.1) is 12.6 Å². The predicted molar refractivity (Wildman–Crippen MR) is 89.9 cm³/mol. The van der Waals surface area contributed by atoms with E-state index in [4.69, 9.17) is 4.99 Å². The second kappa shape index (κ2) is 6.54. The Balaban J connectivity index is 1.84. The SMILES string of the molecule is OCC(N=C1CCc2c(Br)cccc2C1)c1ccccc1. The first-order valence-corrected chi connectivity index (χ1v) is 8.05. The molecule has 0 bridgehead atoms. The summed E-state index contributed by atoms with van der Waals surface area (Å²) in [6.45, 7) is 0.0544. The van der Waals surface area contributed by atoms with Crippen molar-refractivity contribution in [1.29, 1.82) is 0 Å². The molecule has 3 rings (SSSR count). The van der Waals surface area contributed by atoms with Crippen LogP contribution in [0.4, 0.5) is 0 Å². The summed E-state index contributed by atoms with van der Waals surface area (Å²) in [6, 6.07) is 16.2. The van der Waals surface area contributed by atoms with E-state index in [1.807, 2.05) is 30.3 Å². The van der Waals surface area contributed by atoms with Crippen LogP contribution in [-0.2, 0) is 12.8 Å². The van der Waals surface area contributed by atoms with Crippen molar-refractivity contribution in [3.63, 3.8) is 0 Å². The van der Waals surface area contributed by atoms with E-state index < -0.39 is 0 Å². The fourth-order valence-corrected chi connectivity index (χ4v) is 3.46. The summed E-state index contributed by atoms with van der Waals surface area (Å²) in [4.78, 5) is 4.80. The minimum Gasteiger partial charge on any atom is -0.394 e. The average molecular weight is 344 g/mol. The summed E-state index contributed by atoms with van der Waals surface area (Å²) >= 11 is 3.62. The second-order valence-electron chi connectivity index (χ2n) is 5.36. The van der Waals surface area contributed by atoms with Gasteiger partial charge in [-0.05, 0) is 35.6 Å². The van der Waals surface area contributed by atoms with Crippen LogP contribution in [0.25, 0.3) is 0 Å². The van der Waals surface area contributed by atoms with E-state index in [1.54, 1.807) is 0 Å². The number of aliphatic hydroxyl groups excluding tert-OH is 1. The monoisotopic (exact) mass is 343 g/mol. The van der Waals surface area contributed by atoms with Crippen LogP contribution >= 0.6 is 15.9 Å². The summed E-state index contributed by atoms with van der Waals surface area (Å²) in [6.07, 6.45) is 2.87. The minimum absolute atomic E-state index is 0.0544. The Morgan fingerprint density at radius 2 is 1.86 bits per heavy atom. The molecule has 21 heavy (non-hydrogen) atoms. The molecule has 0 spiro atoms. The number of aliphatic hydroxyl groups is 1. The van der Waals surface area contributed by atoms with Gasteiger partial charge in [-0.1, -0.05) is 58.4 Å². The Labute approximate surface area is 133 Å². The lowest BCUT2D eigenvalue weighted by atomic mass is 9.90. The molecule has 0 saturated carbocycles. The van der Waals surface area contributed by atoms with Gasteiger partial charge in [-0.15, -0.1) is 0 Å². The van der Waals surface area contributed by atoms with Crippen molar-refractivity contribution < 1.29 is 5.11 Å². The lowest BCUT2D eigenvalue weighted by Crippen LogP contribution is -2.16. The van der Waals surface area contributed by atoms with Gasteiger partial charge >= 0.3 is 0 Å². The van der Waals surface area contributed by atoms with Crippen molar-refractivity contribution in [2.24, 2.45) is 4.99 Å². The van der Waals surface area contributed by atoms with Gasteiger partial charge in [0.15, 0.2) is 0 Å². The lowest BCUT2D eigenvalue weighted by molar-refractivity contribution is 0.268. The van der Waals surface area contributed by atoms with Gasteiger partial charge < -0.3 is 5.11 Å². The van der Waals surface area contributed by atoms with E-state index in [-0.39, 0.29) is 12.6 Å². The third kappa shape index (κ3) is 3.25. The topological polar surface area (TPSA) is 32.6 Å². The molecule has 0 amide bonds.